The van der Waals surface area contributed by atoms with Gasteiger partial charge in [-0.25, -0.2) is 4.68 Å². The van der Waals surface area contributed by atoms with Crippen molar-refractivity contribution in [2.75, 3.05) is 7.11 Å². The fourth-order valence-electron chi connectivity index (χ4n) is 1.82. The maximum Gasteiger partial charge on any atom is 0.172 e. The molecular weight excluding hydrogens is 230 g/mol. The molecule has 0 aliphatic carbocycles. The van der Waals surface area contributed by atoms with Crippen LogP contribution in [0.4, 0.5) is 0 Å². The first kappa shape index (κ1) is 12.4. The monoisotopic (exact) mass is 245 g/mol. The molecule has 1 aromatic carbocycles. The van der Waals surface area contributed by atoms with Crippen LogP contribution in [-0.2, 0) is 11.3 Å². The van der Waals surface area contributed by atoms with Gasteiger partial charge < -0.3 is 4.74 Å². The lowest BCUT2D eigenvalue weighted by atomic mass is 10.1. The van der Waals surface area contributed by atoms with Crippen molar-refractivity contribution in [2.45, 2.75) is 20.5 Å². The molecule has 94 valence electrons. The highest BCUT2D eigenvalue weighted by Gasteiger charge is 2.14. The van der Waals surface area contributed by atoms with Gasteiger partial charge >= 0.3 is 0 Å². The number of hydrogen-bond donors (Lipinski definition) is 0. The Morgan fingerprint density at radius 3 is 2.83 bits per heavy atom. The molecule has 5 heteroatoms. The molecule has 5 nitrogen and oxygen atoms in total. The molecule has 0 saturated carbocycles. The molecule has 0 spiro atoms. The van der Waals surface area contributed by atoms with Crippen molar-refractivity contribution in [3.8, 4) is 5.69 Å². The molecular formula is C13H15N3O2. The number of aromatic nitrogens is 3. The third-order valence-electron chi connectivity index (χ3n) is 2.78. The normalized spacial score (nSPS) is 10.6. The predicted octanol–water partition coefficient (Wildman–Crippen LogP) is 1.84. The number of carbonyl (C=O) groups excluding carboxylic acids is 1. The van der Waals surface area contributed by atoms with E-state index >= 15 is 0 Å². The van der Waals surface area contributed by atoms with Crippen molar-refractivity contribution in [2.24, 2.45) is 0 Å². The minimum Gasteiger partial charge on any atom is -0.378 e. The second kappa shape index (κ2) is 5.10. The van der Waals surface area contributed by atoms with E-state index in [-0.39, 0.29) is 0 Å². The molecule has 0 atom stereocenters. The number of aryl methyl sites for hydroxylation is 2. The number of nitrogens with zero attached hydrogens (tertiary/aromatic N) is 3. The Hall–Kier alpha value is -2.01. The summed E-state index contributed by atoms with van der Waals surface area (Å²) in [6.45, 7) is 4.30. The van der Waals surface area contributed by atoms with Crippen molar-refractivity contribution in [1.82, 2.24) is 15.0 Å². The number of rotatable bonds is 4. The first-order valence-corrected chi connectivity index (χ1v) is 5.63. The van der Waals surface area contributed by atoms with Gasteiger partial charge in [-0.15, -0.1) is 5.10 Å². The number of carbonyl (C=O) groups is 1. The second-order valence-corrected chi connectivity index (χ2v) is 4.17. The fraction of sp³-hybridized carbons (Fsp3) is 0.308. The van der Waals surface area contributed by atoms with Gasteiger partial charge in [0.25, 0.3) is 0 Å². The van der Waals surface area contributed by atoms with E-state index in [0.717, 1.165) is 16.8 Å². The van der Waals surface area contributed by atoms with Crippen molar-refractivity contribution >= 4 is 6.29 Å². The Labute approximate surface area is 105 Å². The molecule has 0 saturated heterocycles. The highest BCUT2D eigenvalue weighted by Crippen LogP contribution is 2.18. The average Bonchev–Trinajstić information content (AvgIpc) is 2.76. The molecule has 0 unspecified atom stereocenters. The van der Waals surface area contributed by atoms with Gasteiger partial charge in [-0.3, -0.25) is 4.79 Å². The Kier molecular flexibility index (Phi) is 3.53. The average molecular weight is 245 g/mol. The summed E-state index contributed by atoms with van der Waals surface area (Å²) < 4.78 is 6.76. The van der Waals surface area contributed by atoms with E-state index in [2.05, 4.69) is 10.3 Å². The van der Waals surface area contributed by atoms with Gasteiger partial charge in [-0.05, 0) is 31.0 Å². The number of methoxy groups -OCH3 is 1. The van der Waals surface area contributed by atoms with Crippen LogP contribution in [0.25, 0.3) is 5.69 Å². The largest absolute Gasteiger partial charge is 0.378 e. The van der Waals surface area contributed by atoms with E-state index in [4.69, 9.17) is 4.74 Å². The van der Waals surface area contributed by atoms with Crippen LogP contribution in [0.2, 0.25) is 0 Å². The van der Waals surface area contributed by atoms with Crippen LogP contribution in [0.5, 0.6) is 0 Å². The third-order valence-corrected chi connectivity index (χ3v) is 2.78. The van der Waals surface area contributed by atoms with E-state index in [0.29, 0.717) is 24.3 Å². The van der Waals surface area contributed by atoms with Crippen molar-refractivity contribution in [3.63, 3.8) is 0 Å². The summed E-state index contributed by atoms with van der Waals surface area (Å²) in [7, 11) is 1.58. The van der Waals surface area contributed by atoms with Crippen LogP contribution in [-0.4, -0.2) is 28.4 Å². The molecule has 0 aliphatic rings. The number of benzene rings is 1. The van der Waals surface area contributed by atoms with Gasteiger partial charge in [0.2, 0.25) is 0 Å². The van der Waals surface area contributed by atoms with E-state index < -0.39 is 0 Å². The zero-order chi connectivity index (χ0) is 13.1. The van der Waals surface area contributed by atoms with E-state index in [9.17, 15) is 4.79 Å². The topological polar surface area (TPSA) is 57.0 Å². The first-order valence-electron chi connectivity index (χ1n) is 5.63. The standard InChI is InChI=1S/C13H15N3O2/c1-9-4-5-10(2)12(6-9)16-13(8-18-3)11(7-17)14-15-16/h4-7H,8H2,1-3H3. The Bertz CT molecular complexity index is 576. The van der Waals surface area contributed by atoms with Crippen LogP contribution in [0.3, 0.4) is 0 Å². The van der Waals surface area contributed by atoms with Crippen LogP contribution in [0.15, 0.2) is 18.2 Å². The highest BCUT2D eigenvalue weighted by molar-refractivity contribution is 5.73. The van der Waals surface area contributed by atoms with E-state index in [1.54, 1.807) is 11.8 Å². The van der Waals surface area contributed by atoms with Crippen LogP contribution in [0.1, 0.15) is 27.3 Å². The predicted molar refractivity (Wildman–Crippen MR) is 66.9 cm³/mol. The molecule has 0 amide bonds. The molecule has 0 radical (unpaired) electrons. The van der Waals surface area contributed by atoms with Crippen molar-refractivity contribution < 1.29 is 9.53 Å². The SMILES string of the molecule is COCc1c(C=O)nnn1-c1cc(C)ccc1C. The van der Waals surface area contributed by atoms with Crippen LogP contribution < -0.4 is 0 Å². The summed E-state index contributed by atoms with van der Waals surface area (Å²) in [6.07, 6.45) is 0.697. The Morgan fingerprint density at radius 2 is 2.17 bits per heavy atom. The van der Waals surface area contributed by atoms with Crippen LogP contribution in [0, 0.1) is 13.8 Å². The van der Waals surface area contributed by atoms with Gasteiger partial charge in [-0.1, -0.05) is 17.3 Å². The van der Waals surface area contributed by atoms with Gasteiger partial charge in [-0.2, -0.15) is 0 Å². The molecule has 18 heavy (non-hydrogen) atoms. The lowest BCUT2D eigenvalue weighted by Crippen LogP contribution is -2.06. The number of hydrogen-bond acceptors (Lipinski definition) is 4. The quantitative estimate of drug-likeness (QED) is 0.771. The summed E-state index contributed by atoms with van der Waals surface area (Å²) >= 11 is 0. The van der Waals surface area contributed by atoms with Crippen LogP contribution >= 0.6 is 0 Å². The first-order chi connectivity index (χ1) is 8.67. The summed E-state index contributed by atoms with van der Waals surface area (Å²) in [6, 6.07) is 6.06. The molecule has 0 fully saturated rings. The van der Waals surface area contributed by atoms with Crippen molar-refractivity contribution in [1.29, 1.82) is 0 Å². The van der Waals surface area contributed by atoms with Crippen molar-refractivity contribution in [3.05, 3.63) is 40.7 Å². The van der Waals surface area contributed by atoms with Gasteiger partial charge in [0.15, 0.2) is 12.0 Å². The summed E-state index contributed by atoms with van der Waals surface area (Å²) in [5.41, 5.74) is 4.10. The fourth-order valence-corrected chi connectivity index (χ4v) is 1.82. The zero-order valence-corrected chi connectivity index (χ0v) is 10.7. The van der Waals surface area contributed by atoms with E-state index in [1.165, 1.54) is 0 Å². The summed E-state index contributed by atoms with van der Waals surface area (Å²) in [5.74, 6) is 0. The van der Waals surface area contributed by atoms with E-state index in [1.807, 2.05) is 32.0 Å². The molecule has 1 heterocycles. The minimum absolute atomic E-state index is 0.300. The zero-order valence-electron chi connectivity index (χ0n) is 10.7. The molecule has 1 aromatic heterocycles. The highest BCUT2D eigenvalue weighted by atomic mass is 16.5. The maximum absolute atomic E-state index is 10.9. The van der Waals surface area contributed by atoms with Gasteiger partial charge in [0.1, 0.15) is 5.69 Å². The maximum atomic E-state index is 10.9. The number of aldehydes is 1. The lowest BCUT2D eigenvalue weighted by Gasteiger charge is -2.09. The summed E-state index contributed by atoms with van der Waals surface area (Å²) in [5, 5.41) is 7.90. The molecule has 2 rings (SSSR count). The second-order valence-electron chi connectivity index (χ2n) is 4.17. The molecule has 0 N–H and O–H groups in total. The lowest BCUT2D eigenvalue weighted by molar-refractivity contribution is 0.111. The van der Waals surface area contributed by atoms with Gasteiger partial charge in [0.05, 0.1) is 12.3 Å². The smallest absolute Gasteiger partial charge is 0.172 e. The molecule has 0 aliphatic heterocycles. The number of ether oxygens (including phenoxy) is 1. The Morgan fingerprint density at radius 1 is 1.39 bits per heavy atom. The Balaban J connectivity index is 2.59. The third kappa shape index (κ3) is 2.17. The molecule has 2 aromatic rings. The van der Waals surface area contributed by atoms with Gasteiger partial charge in [0, 0.05) is 7.11 Å². The summed E-state index contributed by atoms with van der Waals surface area (Å²) in [4.78, 5) is 10.9. The minimum atomic E-state index is 0.300. The molecule has 0 bridgehead atoms.